The number of aryl methyl sites for hydroxylation is 1. The summed E-state index contributed by atoms with van der Waals surface area (Å²) in [6.07, 6.45) is 16.9. The van der Waals surface area contributed by atoms with Crippen molar-refractivity contribution in [2.24, 2.45) is 11.8 Å². The molecule has 0 amide bonds. The summed E-state index contributed by atoms with van der Waals surface area (Å²) in [4.78, 5) is 4.52. The summed E-state index contributed by atoms with van der Waals surface area (Å²) >= 11 is 5.75. The average Bonchev–Trinajstić information content (AvgIpc) is 2.70. The van der Waals surface area contributed by atoms with Crippen LogP contribution in [0, 0.1) is 17.7 Å². The molecule has 2 aromatic rings. The van der Waals surface area contributed by atoms with Crippen molar-refractivity contribution in [2.75, 3.05) is 0 Å². The van der Waals surface area contributed by atoms with Crippen molar-refractivity contribution >= 4 is 11.6 Å². The number of pyridine rings is 1. The summed E-state index contributed by atoms with van der Waals surface area (Å²) in [5.74, 6) is 1.24. The Balaban J connectivity index is 1.47. The van der Waals surface area contributed by atoms with Crippen molar-refractivity contribution in [3.63, 3.8) is 0 Å². The molecule has 1 fully saturated rings. The molecule has 0 spiro atoms. The molecule has 1 aromatic carbocycles. The molecule has 1 nitrogen and oxygen atoms in total. The van der Waals surface area contributed by atoms with E-state index in [2.05, 4.69) is 30.1 Å². The number of rotatable bonds is 7. The first-order valence-electron chi connectivity index (χ1n) is 10.2. The maximum absolute atomic E-state index is 13.6. The fourth-order valence-electron chi connectivity index (χ4n) is 3.89. The van der Waals surface area contributed by atoms with Crippen LogP contribution >= 0.6 is 11.6 Å². The number of benzene rings is 1. The Labute approximate surface area is 167 Å². The number of nitrogens with zero attached hydrogens (tertiary/aromatic N) is 1. The zero-order chi connectivity index (χ0) is 19.1. The molecule has 1 heterocycles. The monoisotopic (exact) mass is 385 g/mol. The van der Waals surface area contributed by atoms with Crippen molar-refractivity contribution in [1.82, 2.24) is 4.98 Å². The smallest absolute Gasteiger partial charge is 0.142 e. The highest BCUT2D eigenvalue weighted by Gasteiger charge is 2.19. The number of allylic oxidation sites excluding steroid dienone is 2. The predicted octanol–water partition coefficient (Wildman–Crippen LogP) is 7.64. The first-order chi connectivity index (χ1) is 13.2. The van der Waals surface area contributed by atoms with Gasteiger partial charge in [0.2, 0.25) is 0 Å². The van der Waals surface area contributed by atoms with Crippen LogP contribution < -0.4 is 0 Å². The van der Waals surface area contributed by atoms with E-state index in [1.807, 2.05) is 12.3 Å². The minimum absolute atomic E-state index is 0.144. The molecule has 1 aliphatic rings. The Morgan fingerprint density at radius 3 is 2.63 bits per heavy atom. The van der Waals surface area contributed by atoms with E-state index in [1.165, 1.54) is 56.6 Å². The topological polar surface area (TPSA) is 12.9 Å². The van der Waals surface area contributed by atoms with Crippen molar-refractivity contribution in [2.45, 2.75) is 58.3 Å². The average molecular weight is 386 g/mol. The summed E-state index contributed by atoms with van der Waals surface area (Å²) < 4.78 is 13.6. The minimum Gasteiger partial charge on any atom is -0.256 e. The number of hydrogen-bond acceptors (Lipinski definition) is 1. The molecular weight excluding hydrogens is 357 g/mol. The maximum atomic E-state index is 13.6. The highest BCUT2D eigenvalue weighted by Crippen LogP contribution is 2.32. The predicted molar refractivity (Wildman–Crippen MR) is 112 cm³/mol. The van der Waals surface area contributed by atoms with E-state index in [0.717, 1.165) is 29.5 Å². The van der Waals surface area contributed by atoms with Crippen LogP contribution in [0.5, 0.6) is 0 Å². The van der Waals surface area contributed by atoms with Crippen LogP contribution in [-0.2, 0) is 6.42 Å². The first kappa shape index (κ1) is 20.1. The molecule has 0 bridgehead atoms. The Kier molecular flexibility index (Phi) is 7.46. The summed E-state index contributed by atoms with van der Waals surface area (Å²) in [6.45, 7) is 2.23. The van der Waals surface area contributed by atoms with Crippen molar-refractivity contribution in [3.05, 3.63) is 65.1 Å². The lowest BCUT2D eigenvalue weighted by Crippen LogP contribution is -2.13. The second-order valence-corrected chi connectivity index (χ2v) is 8.12. The van der Waals surface area contributed by atoms with Gasteiger partial charge in [-0.3, -0.25) is 4.98 Å². The largest absolute Gasteiger partial charge is 0.256 e. The number of halogens is 2. The van der Waals surface area contributed by atoms with Gasteiger partial charge in [-0.15, -0.1) is 0 Å². The molecule has 0 saturated heterocycles. The van der Waals surface area contributed by atoms with Crippen LogP contribution in [0.25, 0.3) is 11.3 Å². The van der Waals surface area contributed by atoms with Crippen LogP contribution in [0.1, 0.15) is 57.4 Å². The standard InChI is InChI=1S/C24H29ClFN/c1-2-3-4-5-18-6-8-19(9-7-18)10-11-20-12-15-24(27-17-20)21-13-14-22(25)23(26)16-21/h4-5,12-19H,2-3,6-11H2,1H3/b5-4+/t18-,19-. The molecule has 3 rings (SSSR count). The number of hydrogen-bond donors (Lipinski definition) is 0. The van der Waals surface area contributed by atoms with E-state index in [1.54, 1.807) is 12.1 Å². The normalized spacial score (nSPS) is 20.3. The van der Waals surface area contributed by atoms with Gasteiger partial charge < -0.3 is 0 Å². The molecule has 0 atom stereocenters. The highest BCUT2D eigenvalue weighted by molar-refractivity contribution is 6.30. The van der Waals surface area contributed by atoms with Crippen molar-refractivity contribution in [1.29, 1.82) is 0 Å². The van der Waals surface area contributed by atoms with Crippen LogP contribution in [0.3, 0.4) is 0 Å². The van der Waals surface area contributed by atoms with Crippen molar-refractivity contribution in [3.8, 4) is 11.3 Å². The quantitative estimate of drug-likeness (QED) is 0.446. The van der Waals surface area contributed by atoms with E-state index < -0.39 is 5.82 Å². The first-order valence-corrected chi connectivity index (χ1v) is 10.6. The zero-order valence-corrected chi connectivity index (χ0v) is 16.9. The fraction of sp³-hybridized carbons (Fsp3) is 0.458. The van der Waals surface area contributed by atoms with E-state index in [0.29, 0.717) is 0 Å². The lowest BCUT2D eigenvalue weighted by Gasteiger charge is -2.26. The molecular formula is C24H29ClFN. The summed E-state index contributed by atoms with van der Waals surface area (Å²) in [7, 11) is 0. The van der Waals surface area contributed by atoms with E-state index in [4.69, 9.17) is 11.6 Å². The van der Waals surface area contributed by atoms with Gasteiger partial charge in [0.05, 0.1) is 10.7 Å². The fourth-order valence-corrected chi connectivity index (χ4v) is 4.01. The Hall–Kier alpha value is -1.67. The van der Waals surface area contributed by atoms with Crippen molar-refractivity contribution < 1.29 is 4.39 Å². The van der Waals surface area contributed by atoms with E-state index in [9.17, 15) is 4.39 Å². The molecule has 0 aliphatic heterocycles. The van der Waals surface area contributed by atoms with Gasteiger partial charge in [0, 0.05) is 11.8 Å². The van der Waals surface area contributed by atoms with Crippen LogP contribution in [0.15, 0.2) is 48.7 Å². The molecule has 0 radical (unpaired) electrons. The van der Waals surface area contributed by atoms with Gasteiger partial charge in [-0.05, 0) is 80.5 Å². The lowest BCUT2D eigenvalue weighted by atomic mass is 9.79. The highest BCUT2D eigenvalue weighted by atomic mass is 35.5. The molecule has 1 saturated carbocycles. The van der Waals surface area contributed by atoms with E-state index >= 15 is 0 Å². The van der Waals surface area contributed by atoms with Gasteiger partial charge >= 0.3 is 0 Å². The third-order valence-corrected chi connectivity index (χ3v) is 5.94. The SMILES string of the molecule is CCC/C=C/[C@H]1CC[C@H](CCc2ccc(-c3ccc(Cl)c(F)c3)nc2)CC1. The van der Waals surface area contributed by atoms with Gasteiger partial charge in [-0.1, -0.05) is 49.2 Å². The number of unbranched alkanes of at least 4 members (excludes halogenated alkanes) is 1. The molecule has 144 valence electrons. The zero-order valence-electron chi connectivity index (χ0n) is 16.1. The third-order valence-electron chi connectivity index (χ3n) is 5.64. The van der Waals surface area contributed by atoms with Gasteiger partial charge in [0.25, 0.3) is 0 Å². The molecule has 27 heavy (non-hydrogen) atoms. The molecule has 3 heteroatoms. The van der Waals surface area contributed by atoms with Gasteiger partial charge in [0.1, 0.15) is 5.82 Å². The summed E-state index contributed by atoms with van der Waals surface area (Å²) in [5.41, 5.74) is 2.81. The Bertz CT molecular complexity index is 745. The minimum atomic E-state index is -0.403. The summed E-state index contributed by atoms with van der Waals surface area (Å²) in [6, 6.07) is 8.93. The second-order valence-electron chi connectivity index (χ2n) is 7.72. The number of aromatic nitrogens is 1. The lowest BCUT2D eigenvalue weighted by molar-refractivity contribution is 0.296. The molecule has 0 unspecified atom stereocenters. The van der Waals surface area contributed by atoms with Crippen LogP contribution in [0.4, 0.5) is 4.39 Å². The molecule has 0 N–H and O–H groups in total. The third kappa shape index (κ3) is 5.90. The van der Waals surface area contributed by atoms with Gasteiger partial charge in [-0.25, -0.2) is 4.39 Å². The van der Waals surface area contributed by atoms with E-state index in [-0.39, 0.29) is 5.02 Å². The second kappa shape index (κ2) is 10.0. The molecule has 1 aromatic heterocycles. The van der Waals surface area contributed by atoms with Gasteiger partial charge in [-0.2, -0.15) is 0 Å². The summed E-state index contributed by atoms with van der Waals surface area (Å²) in [5, 5.41) is 0.144. The molecule has 1 aliphatic carbocycles. The van der Waals surface area contributed by atoms with Crippen LogP contribution in [-0.4, -0.2) is 4.98 Å². The van der Waals surface area contributed by atoms with Crippen LogP contribution in [0.2, 0.25) is 5.02 Å². The van der Waals surface area contributed by atoms with Gasteiger partial charge in [0.15, 0.2) is 0 Å². The Morgan fingerprint density at radius 2 is 1.96 bits per heavy atom. The Morgan fingerprint density at radius 1 is 1.15 bits per heavy atom. The maximum Gasteiger partial charge on any atom is 0.142 e.